The minimum atomic E-state index is 0. The summed E-state index contributed by atoms with van der Waals surface area (Å²) in [5, 5.41) is 5.57. The second-order valence-electron chi connectivity index (χ2n) is 0.759. The molecule has 0 aliphatic rings. The number of nitrogens with zero attached hydrogens (tertiary/aromatic N) is 2. The molecule has 1 aromatic heterocycles. The van der Waals surface area contributed by atoms with Gasteiger partial charge in [-0.15, -0.1) is 0 Å². The van der Waals surface area contributed by atoms with Crippen molar-refractivity contribution in [2.75, 3.05) is 0 Å². The second-order valence-corrected chi connectivity index (χ2v) is 2.24. The van der Waals surface area contributed by atoms with Gasteiger partial charge < -0.3 is 1.43 Å². The van der Waals surface area contributed by atoms with Gasteiger partial charge in [-0.05, 0) is 0 Å². The Morgan fingerprint density at radius 2 is 2.57 bits per heavy atom. The zero-order valence-electron chi connectivity index (χ0n) is 4.90. The van der Waals surface area contributed by atoms with Gasteiger partial charge in [0, 0.05) is 8.58 Å². The van der Waals surface area contributed by atoms with Crippen molar-refractivity contribution in [1.29, 1.82) is 0 Å². The first-order valence-corrected chi connectivity index (χ1v) is 2.65. The molecular formula is C2H4N2NaS2+. The normalized spacial score (nSPS) is 7.57. The van der Waals surface area contributed by atoms with Gasteiger partial charge in [-0.2, -0.15) is 0 Å². The number of hydrogen-bond acceptors (Lipinski definition) is 3. The zero-order chi connectivity index (χ0) is 4.41. The summed E-state index contributed by atoms with van der Waals surface area (Å²) in [6.07, 6.45) is 1.69. The molecule has 0 fully saturated rings. The van der Waals surface area contributed by atoms with Crippen molar-refractivity contribution in [3.05, 3.63) is 11.6 Å². The molecule has 2 nitrogen and oxygen atoms in total. The van der Waals surface area contributed by atoms with Crippen LogP contribution in [0.15, 0.2) is 11.6 Å². The summed E-state index contributed by atoms with van der Waals surface area (Å²) < 4.78 is 1.49. The van der Waals surface area contributed by atoms with Crippen LogP contribution in [0.5, 0.6) is 0 Å². The Hall–Kier alpha value is 0.910. The SMILES string of the molecule is S[n+]1nccs1.[H-].[Na+]. The predicted molar refractivity (Wildman–Crippen MR) is 27.8 cm³/mol. The molecule has 0 radical (unpaired) electrons. The third-order valence-corrected chi connectivity index (χ3v) is 1.29. The largest absolute Gasteiger partial charge is 1.00 e. The van der Waals surface area contributed by atoms with Gasteiger partial charge in [0.25, 0.3) is 0 Å². The first-order valence-electron chi connectivity index (χ1n) is 1.41. The van der Waals surface area contributed by atoms with E-state index in [4.69, 9.17) is 0 Å². The fraction of sp³-hybridized carbons (Fsp3) is 0. The summed E-state index contributed by atoms with van der Waals surface area (Å²) >= 11 is 5.31. The molecule has 1 aromatic rings. The van der Waals surface area contributed by atoms with Crippen LogP contribution in [0.25, 0.3) is 0 Å². The Labute approximate surface area is 75.0 Å². The second kappa shape index (κ2) is 3.86. The van der Waals surface area contributed by atoms with Gasteiger partial charge in [0.05, 0.1) is 5.38 Å². The standard InChI is InChI=1S/C2H3N2S2.Na.H/c5-4-3-1-2-6-4;;/h1-2H,(H,3,5);;/q2*+1;-1. The van der Waals surface area contributed by atoms with Crippen LogP contribution >= 0.6 is 24.3 Å². The molecule has 0 aliphatic heterocycles. The third-order valence-electron chi connectivity index (χ3n) is 0.381. The first kappa shape index (κ1) is 7.91. The molecule has 1 heterocycles. The number of aromatic nitrogens is 2. The van der Waals surface area contributed by atoms with Crippen molar-refractivity contribution in [3.8, 4) is 0 Å². The molecule has 0 unspecified atom stereocenters. The van der Waals surface area contributed by atoms with Crippen molar-refractivity contribution < 1.29 is 34.5 Å². The third kappa shape index (κ3) is 2.66. The quantitative estimate of drug-likeness (QED) is 0.236. The minimum absolute atomic E-state index is 0. The van der Waals surface area contributed by atoms with E-state index < -0.39 is 0 Å². The van der Waals surface area contributed by atoms with Gasteiger partial charge in [-0.3, -0.25) is 0 Å². The fourth-order valence-electron chi connectivity index (χ4n) is 0.193. The van der Waals surface area contributed by atoms with E-state index >= 15 is 0 Å². The minimum Gasteiger partial charge on any atom is -1.00 e. The van der Waals surface area contributed by atoms with Crippen LogP contribution in [0.4, 0.5) is 0 Å². The predicted octanol–water partition coefficient (Wildman–Crippen LogP) is -2.76. The Morgan fingerprint density at radius 1 is 1.86 bits per heavy atom. The van der Waals surface area contributed by atoms with E-state index in [-0.39, 0.29) is 31.0 Å². The number of hydrogen-bond donors (Lipinski definition) is 1. The van der Waals surface area contributed by atoms with E-state index in [0.29, 0.717) is 0 Å². The van der Waals surface area contributed by atoms with Crippen molar-refractivity contribution in [1.82, 2.24) is 5.10 Å². The summed E-state index contributed by atoms with van der Waals surface area (Å²) in [7, 11) is 0. The van der Waals surface area contributed by atoms with Crippen molar-refractivity contribution in [2.45, 2.75) is 0 Å². The van der Waals surface area contributed by atoms with Gasteiger partial charge in [0.1, 0.15) is 6.20 Å². The topological polar surface area (TPSA) is 16.8 Å². The molecule has 0 aliphatic carbocycles. The molecule has 0 amide bonds. The fourth-order valence-corrected chi connectivity index (χ4v) is 0.743. The molecule has 0 N–H and O–H groups in total. The smallest absolute Gasteiger partial charge is 1.00 e. The van der Waals surface area contributed by atoms with E-state index in [2.05, 4.69) is 17.9 Å². The summed E-state index contributed by atoms with van der Waals surface area (Å²) in [5.74, 6) is 0. The first-order chi connectivity index (χ1) is 2.89. The van der Waals surface area contributed by atoms with E-state index in [9.17, 15) is 0 Å². The Balaban J connectivity index is 0. The van der Waals surface area contributed by atoms with Crippen LogP contribution in [0.3, 0.4) is 0 Å². The molecule has 0 atom stereocenters. The number of thiol groups is 1. The van der Waals surface area contributed by atoms with Crippen LogP contribution < -0.4 is 33.0 Å². The molecule has 1 rings (SSSR count). The van der Waals surface area contributed by atoms with E-state index in [1.807, 2.05) is 5.38 Å². The average Bonchev–Trinajstić information content (AvgIpc) is 1.86. The molecule has 5 heteroatoms. The monoisotopic (exact) mass is 143 g/mol. The Bertz CT molecular complexity index is 122. The maximum absolute atomic E-state index is 3.86. The van der Waals surface area contributed by atoms with Crippen LogP contribution in [0.2, 0.25) is 0 Å². The van der Waals surface area contributed by atoms with E-state index in [0.717, 1.165) is 0 Å². The van der Waals surface area contributed by atoms with Crippen LogP contribution in [-0.4, -0.2) is 5.10 Å². The Morgan fingerprint density at radius 3 is 2.71 bits per heavy atom. The molecule has 7 heavy (non-hydrogen) atoms. The summed E-state index contributed by atoms with van der Waals surface area (Å²) in [6, 6.07) is 0. The molecular weight excluding hydrogens is 139 g/mol. The van der Waals surface area contributed by atoms with Crippen LogP contribution in [0.1, 0.15) is 1.43 Å². The van der Waals surface area contributed by atoms with Crippen molar-refractivity contribution >= 4 is 24.3 Å². The molecule has 0 spiro atoms. The van der Waals surface area contributed by atoms with Crippen molar-refractivity contribution in [2.24, 2.45) is 0 Å². The molecule has 0 aromatic carbocycles. The molecule has 0 saturated carbocycles. The van der Waals surface area contributed by atoms with Gasteiger partial charge >= 0.3 is 29.6 Å². The summed E-state index contributed by atoms with van der Waals surface area (Å²) in [4.78, 5) is 0. The Kier molecular flexibility index (Phi) is 4.36. The van der Waals surface area contributed by atoms with E-state index in [1.165, 1.54) is 15.0 Å². The molecule has 0 saturated heterocycles. The van der Waals surface area contributed by atoms with Gasteiger partial charge in [-0.25, -0.2) is 0 Å². The zero-order valence-corrected chi connectivity index (χ0v) is 7.62. The van der Waals surface area contributed by atoms with Gasteiger partial charge in [0.2, 0.25) is 0 Å². The summed E-state index contributed by atoms with van der Waals surface area (Å²) in [6.45, 7) is 0. The molecule has 34 valence electrons. The maximum atomic E-state index is 3.86. The maximum Gasteiger partial charge on any atom is 1.00 e. The number of rotatable bonds is 0. The van der Waals surface area contributed by atoms with Gasteiger partial charge in [0.15, 0.2) is 24.3 Å². The van der Waals surface area contributed by atoms with Crippen molar-refractivity contribution in [3.63, 3.8) is 0 Å². The van der Waals surface area contributed by atoms with Crippen LogP contribution in [0, 0.1) is 0 Å². The van der Waals surface area contributed by atoms with E-state index in [1.54, 1.807) is 6.20 Å². The van der Waals surface area contributed by atoms with Crippen LogP contribution in [-0.2, 0) is 0 Å². The van der Waals surface area contributed by atoms with Gasteiger partial charge in [-0.1, -0.05) is 0 Å². The molecule has 0 bridgehead atoms. The summed E-state index contributed by atoms with van der Waals surface area (Å²) in [5.41, 5.74) is 0. The average molecular weight is 143 g/mol.